The maximum Gasteiger partial charge on any atom is 0.325 e. The van der Waals surface area contributed by atoms with Gasteiger partial charge in [-0.3, -0.25) is 9.69 Å². The van der Waals surface area contributed by atoms with Gasteiger partial charge in [0, 0.05) is 0 Å². The van der Waals surface area contributed by atoms with Crippen LogP contribution in [0.3, 0.4) is 0 Å². The summed E-state index contributed by atoms with van der Waals surface area (Å²) < 4.78 is 12.3. The Morgan fingerprint density at radius 1 is 0.972 bits per heavy atom. The van der Waals surface area contributed by atoms with E-state index in [0.717, 1.165) is 53.9 Å². The second-order valence-corrected chi connectivity index (χ2v) is 12.7. The Hall–Kier alpha value is -1.55. The van der Waals surface area contributed by atoms with Crippen molar-refractivity contribution in [3.8, 4) is 11.5 Å². The Morgan fingerprint density at radius 3 is 2.19 bits per heavy atom. The Morgan fingerprint density at radius 2 is 1.58 bits per heavy atom. The van der Waals surface area contributed by atoms with Gasteiger partial charge >= 0.3 is 5.97 Å². The molecule has 3 atom stereocenters. The second-order valence-electron chi connectivity index (χ2n) is 12.7. The molecule has 206 valence electrons. The lowest BCUT2D eigenvalue weighted by atomic mass is 9.85. The fourth-order valence-corrected chi connectivity index (χ4v) is 5.38. The molecule has 2 rings (SSSR count). The zero-order chi connectivity index (χ0) is 26.9. The molecule has 1 aromatic rings. The number of fused-ring (bicyclic) bond motifs is 1. The first-order valence-corrected chi connectivity index (χ1v) is 14.6. The van der Waals surface area contributed by atoms with Crippen LogP contribution in [0.15, 0.2) is 6.07 Å². The fraction of sp³-hybridized carbons (Fsp3) is 0.781. The molecule has 0 N–H and O–H groups in total. The summed E-state index contributed by atoms with van der Waals surface area (Å²) in [7, 11) is 3.75. The Labute approximate surface area is 222 Å². The van der Waals surface area contributed by atoms with Crippen LogP contribution < -0.4 is 9.47 Å². The zero-order valence-electron chi connectivity index (χ0n) is 25.0. The van der Waals surface area contributed by atoms with E-state index < -0.39 is 0 Å². The van der Waals surface area contributed by atoms with E-state index >= 15 is 0 Å². The topological polar surface area (TPSA) is 38.8 Å². The molecule has 1 aliphatic heterocycles. The molecule has 0 aromatic heterocycles. The summed E-state index contributed by atoms with van der Waals surface area (Å²) in [4.78, 5) is 14.0. The lowest BCUT2D eigenvalue weighted by Gasteiger charge is -2.37. The van der Waals surface area contributed by atoms with Crippen molar-refractivity contribution in [1.29, 1.82) is 0 Å². The molecule has 0 spiro atoms. The van der Waals surface area contributed by atoms with E-state index in [0.29, 0.717) is 5.75 Å². The van der Waals surface area contributed by atoms with Gasteiger partial charge in [-0.2, -0.15) is 0 Å². The molecule has 4 nitrogen and oxygen atoms in total. The predicted molar refractivity (Wildman–Crippen MR) is 152 cm³/mol. The van der Waals surface area contributed by atoms with Crippen molar-refractivity contribution in [1.82, 2.24) is 4.90 Å². The molecule has 0 saturated carbocycles. The molecule has 0 radical (unpaired) electrons. The third-order valence-electron chi connectivity index (χ3n) is 8.09. The lowest BCUT2D eigenvalue weighted by Crippen LogP contribution is -2.37. The van der Waals surface area contributed by atoms with Crippen LogP contribution in [0.4, 0.5) is 0 Å². The van der Waals surface area contributed by atoms with Crippen LogP contribution in [0.5, 0.6) is 11.5 Å². The highest BCUT2D eigenvalue weighted by Gasteiger charge is 2.33. The first kappa shape index (κ1) is 30.7. The number of esters is 1. The number of benzene rings is 1. The van der Waals surface area contributed by atoms with Crippen molar-refractivity contribution in [2.45, 2.75) is 125 Å². The molecular weight excluding hydrogens is 446 g/mol. The van der Waals surface area contributed by atoms with E-state index in [1.165, 1.54) is 56.9 Å². The fourth-order valence-electron chi connectivity index (χ4n) is 5.38. The van der Waals surface area contributed by atoms with Gasteiger partial charge in [-0.1, -0.05) is 72.6 Å². The van der Waals surface area contributed by atoms with E-state index in [9.17, 15) is 4.79 Å². The highest BCUT2D eigenvalue weighted by molar-refractivity contribution is 5.75. The number of aryl methyl sites for hydroxylation is 1. The molecule has 36 heavy (non-hydrogen) atoms. The molecule has 0 fully saturated rings. The van der Waals surface area contributed by atoms with E-state index in [1.807, 2.05) is 32.0 Å². The third-order valence-corrected chi connectivity index (χ3v) is 8.09. The maximum absolute atomic E-state index is 12.2. The van der Waals surface area contributed by atoms with E-state index in [-0.39, 0.29) is 18.1 Å². The monoisotopic (exact) mass is 501 g/mol. The molecule has 4 heteroatoms. The molecule has 1 aromatic carbocycles. The van der Waals surface area contributed by atoms with E-state index in [1.54, 1.807) is 0 Å². The second kappa shape index (κ2) is 14.4. The number of ether oxygens (including phenoxy) is 2. The normalized spacial score (nSPS) is 19.2. The minimum atomic E-state index is -0.223. The number of hydrogen-bond donors (Lipinski definition) is 0. The van der Waals surface area contributed by atoms with Crippen LogP contribution in [-0.4, -0.2) is 37.1 Å². The van der Waals surface area contributed by atoms with Crippen LogP contribution in [0, 0.1) is 31.6 Å². The average molecular weight is 502 g/mol. The molecule has 0 saturated heterocycles. The summed E-state index contributed by atoms with van der Waals surface area (Å²) in [5.74, 6) is 3.94. The molecule has 1 aliphatic rings. The third kappa shape index (κ3) is 10.1. The summed E-state index contributed by atoms with van der Waals surface area (Å²) in [6.45, 7) is 16.2. The number of carbonyl (C=O) groups is 1. The Balaban J connectivity index is 1.81. The highest BCUT2D eigenvalue weighted by atomic mass is 16.5. The number of rotatable bonds is 15. The van der Waals surface area contributed by atoms with E-state index in [2.05, 4.69) is 41.5 Å². The molecule has 0 amide bonds. The predicted octanol–water partition coefficient (Wildman–Crippen LogP) is 8.29. The van der Waals surface area contributed by atoms with Crippen LogP contribution in [0.25, 0.3) is 0 Å². The zero-order valence-corrected chi connectivity index (χ0v) is 25.0. The molecule has 0 aliphatic carbocycles. The van der Waals surface area contributed by atoms with Gasteiger partial charge in [0.05, 0.1) is 6.54 Å². The standard InChI is InChI=1S/C32H55NO3/c1-23(2)13-10-11-14-24(3)16-17-25(4)15-12-19-32(7)20-18-28-21-29(35-30(34)22-33(8)9)26(5)27(6)31(28)36-32/h21,23-25H,10-20,22H2,1-9H3/t24-,25-,32-/m1/s1. The number of hydrogen-bond acceptors (Lipinski definition) is 4. The van der Waals surface area contributed by atoms with Crippen molar-refractivity contribution >= 4 is 5.97 Å². The van der Waals surface area contributed by atoms with Crippen molar-refractivity contribution in [3.05, 3.63) is 22.8 Å². The van der Waals surface area contributed by atoms with Gasteiger partial charge in [0.2, 0.25) is 0 Å². The van der Waals surface area contributed by atoms with Crippen LogP contribution >= 0.6 is 0 Å². The molecule has 0 unspecified atom stereocenters. The Bertz CT molecular complexity index is 831. The average Bonchev–Trinajstić information content (AvgIpc) is 2.78. The van der Waals surface area contributed by atoms with E-state index in [4.69, 9.17) is 9.47 Å². The summed E-state index contributed by atoms with van der Waals surface area (Å²) in [6.07, 6.45) is 13.8. The minimum Gasteiger partial charge on any atom is -0.487 e. The van der Waals surface area contributed by atoms with Gasteiger partial charge < -0.3 is 9.47 Å². The highest BCUT2D eigenvalue weighted by Crippen LogP contribution is 2.42. The number of carbonyl (C=O) groups excluding carboxylic acids is 1. The lowest BCUT2D eigenvalue weighted by molar-refractivity contribution is -0.135. The van der Waals surface area contributed by atoms with Gasteiger partial charge in [-0.25, -0.2) is 0 Å². The first-order chi connectivity index (χ1) is 16.9. The van der Waals surface area contributed by atoms with Crippen molar-refractivity contribution in [3.63, 3.8) is 0 Å². The minimum absolute atomic E-state index is 0.114. The smallest absolute Gasteiger partial charge is 0.325 e. The SMILES string of the molecule is Cc1c(OC(=O)CN(C)C)cc2c(c1C)O[C@](C)(CCC[C@@H](C)CC[C@H](C)CCCCC(C)C)CC2. The summed E-state index contributed by atoms with van der Waals surface area (Å²) in [5.41, 5.74) is 3.15. The van der Waals surface area contributed by atoms with Gasteiger partial charge in [-0.05, 0) is 101 Å². The quantitative estimate of drug-likeness (QED) is 0.138. The van der Waals surface area contributed by atoms with Crippen LogP contribution in [0.1, 0.15) is 116 Å². The van der Waals surface area contributed by atoms with Crippen LogP contribution in [-0.2, 0) is 11.2 Å². The number of likely N-dealkylation sites (N-methyl/N-ethyl adjacent to an activating group) is 1. The number of nitrogens with zero attached hydrogens (tertiary/aromatic N) is 1. The van der Waals surface area contributed by atoms with Gasteiger partial charge in [-0.15, -0.1) is 0 Å². The van der Waals surface area contributed by atoms with Gasteiger partial charge in [0.15, 0.2) is 0 Å². The first-order valence-electron chi connectivity index (χ1n) is 14.6. The van der Waals surface area contributed by atoms with Crippen molar-refractivity contribution in [2.24, 2.45) is 17.8 Å². The largest absolute Gasteiger partial charge is 0.487 e. The number of unbranched alkanes of at least 4 members (excludes halogenated alkanes) is 1. The molecular formula is C32H55NO3. The van der Waals surface area contributed by atoms with Gasteiger partial charge in [0.25, 0.3) is 0 Å². The Kier molecular flexibility index (Phi) is 12.3. The summed E-state index contributed by atoms with van der Waals surface area (Å²) in [6, 6.07) is 2.02. The van der Waals surface area contributed by atoms with Gasteiger partial charge in [0.1, 0.15) is 17.1 Å². The summed E-state index contributed by atoms with van der Waals surface area (Å²) >= 11 is 0. The van der Waals surface area contributed by atoms with Crippen molar-refractivity contribution in [2.75, 3.05) is 20.6 Å². The molecule has 0 bridgehead atoms. The van der Waals surface area contributed by atoms with Crippen molar-refractivity contribution < 1.29 is 14.3 Å². The summed E-state index contributed by atoms with van der Waals surface area (Å²) in [5, 5.41) is 0. The maximum atomic E-state index is 12.2. The van der Waals surface area contributed by atoms with Crippen LogP contribution in [0.2, 0.25) is 0 Å². The molecule has 1 heterocycles.